The van der Waals surface area contributed by atoms with Gasteiger partial charge in [-0.15, -0.1) is 0 Å². The first-order chi connectivity index (χ1) is 15.8. The van der Waals surface area contributed by atoms with Gasteiger partial charge in [0.1, 0.15) is 5.02 Å². The molecule has 0 radical (unpaired) electrons. The number of aryl methyl sites for hydroxylation is 1. The lowest BCUT2D eigenvalue weighted by Crippen LogP contribution is -2.31. The number of carbonyl (C=O) groups excluding carboxylic acids is 1. The van der Waals surface area contributed by atoms with Crippen LogP contribution in [0.5, 0.6) is 0 Å². The van der Waals surface area contributed by atoms with Crippen molar-refractivity contribution in [2.75, 3.05) is 29.1 Å². The van der Waals surface area contributed by atoms with Crippen molar-refractivity contribution in [3.63, 3.8) is 0 Å². The molecule has 1 aromatic heterocycles. The summed E-state index contributed by atoms with van der Waals surface area (Å²) in [4.78, 5) is 22.3. The molecule has 0 fully saturated rings. The molecule has 1 amide bonds. The quantitative estimate of drug-likeness (QED) is 0.464. The first kappa shape index (κ1) is 23.0. The minimum atomic E-state index is -3.58. The van der Waals surface area contributed by atoms with Crippen LogP contribution in [-0.2, 0) is 21.2 Å². The number of rotatable bonds is 7. The Morgan fingerprint density at radius 1 is 1.09 bits per heavy atom. The molecule has 3 N–H and O–H groups in total. The molecule has 2 aromatic carbocycles. The number of nitrogens with zero attached hydrogens (tertiary/aromatic N) is 3. The van der Waals surface area contributed by atoms with Gasteiger partial charge in [-0.05, 0) is 48.4 Å². The molecule has 0 unspecified atom stereocenters. The average molecular weight is 487 g/mol. The van der Waals surface area contributed by atoms with Gasteiger partial charge in [0.25, 0.3) is 0 Å². The predicted octanol–water partition coefficient (Wildman–Crippen LogP) is 3.82. The second-order valence-corrected chi connectivity index (χ2v) is 9.64. The molecule has 0 saturated carbocycles. The van der Waals surface area contributed by atoms with Crippen molar-refractivity contribution >= 4 is 56.4 Å². The van der Waals surface area contributed by atoms with Crippen LogP contribution in [0.1, 0.15) is 18.9 Å². The summed E-state index contributed by atoms with van der Waals surface area (Å²) in [5.41, 5.74) is 3.25. The van der Waals surface area contributed by atoms with Gasteiger partial charge in [0.05, 0.1) is 11.1 Å². The average Bonchev–Trinajstić information content (AvgIpc) is 2.79. The number of aromatic nitrogens is 2. The van der Waals surface area contributed by atoms with Gasteiger partial charge in [-0.1, -0.05) is 24.6 Å². The minimum Gasteiger partial charge on any atom is -0.339 e. The number of carbonyl (C=O) groups is 1. The van der Waals surface area contributed by atoms with E-state index in [1.165, 1.54) is 18.3 Å². The number of benzene rings is 2. The molecule has 0 aliphatic carbocycles. The fourth-order valence-electron chi connectivity index (χ4n) is 3.53. The Kier molecular flexibility index (Phi) is 6.50. The summed E-state index contributed by atoms with van der Waals surface area (Å²) in [5.74, 6) is 0.745. The third kappa shape index (κ3) is 5.08. The lowest BCUT2D eigenvalue weighted by atomic mass is 10.0. The van der Waals surface area contributed by atoms with E-state index in [9.17, 15) is 13.2 Å². The van der Waals surface area contributed by atoms with E-state index in [4.69, 9.17) is 11.6 Å². The molecule has 9 nitrogen and oxygen atoms in total. The molecular weight excluding hydrogens is 464 g/mol. The van der Waals surface area contributed by atoms with E-state index in [2.05, 4.69) is 25.3 Å². The standard InChI is InChI=1S/C22H23ClN6O3S/c1-3-25-33(31,32)17-6-4-5-15(12-17)27-22-24-13-18(23)21(28-22)26-16-8-9-19-14(11-16)7-10-20(30)29(19)2/h4-6,8-9,11-13,25H,3,7,10H2,1-2H3,(H2,24,26,27,28). The van der Waals surface area contributed by atoms with Crippen molar-refractivity contribution < 1.29 is 13.2 Å². The van der Waals surface area contributed by atoms with Crippen molar-refractivity contribution in [1.29, 1.82) is 0 Å². The highest BCUT2D eigenvalue weighted by molar-refractivity contribution is 7.89. The van der Waals surface area contributed by atoms with Crippen LogP contribution in [0.3, 0.4) is 0 Å². The number of fused-ring (bicyclic) bond motifs is 1. The molecule has 0 bridgehead atoms. The monoisotopic (exact) mass is 486 g/mol. The lowest BCUT2D eigenvalue weighted by Gasteiger charge is -2.26. The maximum atomic E-state index is 12.3. The largest absolute Gasteiger partial charge is 0.339 e. The van der Waals surface area contributed by atoms with Crippen LogP contribution in [0, 0.1) is 0 Å². The highest BCUT2D eigenvalue weighted by Gasteiger charge is 2.21. The molecular formula is C22H23ClN6O3S. The fraction of sp³-hybridized carbons (Fsp3) is 0.227. The Labute approximate surface area is 197 Å². The maximum absolute atomic E-state index is 12.3. The fourth-order valence-corrected chi connectivity index (χ4v) is 4.75. The number of anilines is 5. The normalized spacial score (nSPS) is 13.5. The van der Waals surface area contributed by atoms with Gasteiger partial charge in [-0.25, -0.2) is 18.1 Å². The number of sulfonamides is 1. The van der Waals surface area contributed by atoms with E-state index in [1.54, 1.807) is 31.0 Å². The zero-order valence-corrected chi connectivity index (χ0v) is 19.7. The molecule has 1 aliphatic rings. The van der Waals surface area contributed by atoms with Gasteiger partial charge in [0, 0.05) is 37.1 Å². The van der Waals surface area contributed by atoms with Gasteiger partial charge >= 0.3 is 0 Å². The van der Waals surface area contributed by atoms with Crippen molar-refractivity contribution in [1.82, 2.24) is 14.7 Å². The number of halogens is 1. The first-order valence-electron chi connectivity index (χ1n) is 10.3. The summed E-state index contributed by atoms with van der Waals surface area (Å²) in [5, 5.41) is 6.54. The van der Waals surface area contributed by atoms with E-state index in [-0.39, 0.29) is 16.8 Å². The molecule has 0 saturated heterocycles. The van der Waals surface area contributed by atoms with Crippen LogP contribution in [0.2, 0.25) is 5.02 Å². The molecule has 1 aliphatic heterocycles. The molecule has 0 spiro atoms. The van der Waals surface area contributed by atoms with Crippen LogP contribution in [0.15, 0.2) is 53.6 Å². The Bertz CT molecular complexity index is 1320. The molecule has 4 rings (SSSR count). The summed E-state index contributed by atoms with van der Waals surface area (Å²) in [6.45, 7) is 2.01. The smallest absolute Gasteiger partial charge is 0.240 e. The van der Waals surface area contributed by atoms with Crippen molar-refractivity contribution in [3.05, 3.63) is 59.2 Å². The van der Waals surface area contributed by atoms with E-state index in [0.29, 0.717) is 35.9 Å². The topological polar surface area (TPSA) is 116 Å². The van der Waals surface area contributed by atoms with Gasteiger partial charge < -0.3 is 15.5 Å². The molecule has 33 heavy (non-hydrogen) atoms. The molecule has 172 valence electrons. The molecule has 11 heteroatoms. The summed E-state index contributed by atoms with van der Waals surface area (Å²) in [6, 6.07) is 12.1. The Morgan fingerprint density at radius 2 is 1.88 bits per heavy atom. The molecule has 2 heterocycles. The van der Waals surface area contributed by atoms with Crippen LogP contribution in [0.4, 0.5) is 28.8 Å². The number of nitrogens with one attached hydrogen (secondary N) is 3. The van der Waals surface area contributed by atoms with Crippen LogP contribution < -0.4 is 20.3 Å². The molecule has 3 aromatic rings. The highest BCUT2D eigenvalue weighted by Crippen LogP contribution is 2.31. The summed E-state index contributed by atoms with van der Waals surface area (Å²) >= 11 is 6.30. The lowest BCUT2D eigenvalue weighted by molar-refractivity contribution is -0.118. The van der Waals surface area contributed by atoms with Gasteiger partial charge in [-0.2, -0.15) is 4.98 Å². The number of amides is 1. The van der Waals surface area contributed by atoms with Gasteiger partial charge in [-0.3, -0.25) is 4.79 Å². The van der Waals surface area contributed by atoms with E-state index in [0.717, 1.165) is 16.9 Å². The predicted molar refractivity (Wildman–Crippen MR) is 129 cm³/mol. The van der Waals surface area contributed by atoms with Gasteiger partial charge in [0.2, 0.25) is 21.9 Å². The Morgan fingerprint density at radius 3 is 2.67 bits per heavy atom. The van der Waals surface area contributed by atoms with Crippen molar-refractivity contribution in [2.24, 2.45) is 0 Å². The zero-order valence-electron chi connectivity index (χ0n) is 18.1. The third-order valence-electron chi connectivity index (χ3n) is 5.16. The Balaban J connectivity index is 1.55. The minimum absolute atomic E-state index is 0.0973. The summed E-state index contributed by atoms with van der Waals surface area (Å²) in [6.07, 6.45) is 2.60. The Hall–Kier alpha value is -3.21. The van der Waals surface area contributed by atoms with Crippen LogP contribution in [0.25, 0.3) is 0 Å². The third-order valence-corrected chi connectivity index (χ3v) is 6.98. The van der Waals surface area contributed by atoms with E-state index < -0.39 is 10.0 Å². The van der Waals surface area contributed by atoms with Gasteiger partial charge in [0.15, 0.2) is 5.82 Å². The summed E-state index contributed by atoms with van der Waals surface area (Å²) < 4.78 is 27.0. The first-order valence-corrected chi connectivity index (χ1v) is 12.2. The molecule has 0 atom stereocenters. The van der Waals surface area contributed by atoms with Crippen molar-refractivity contribution in [2.45, 2.75) is 24.7 Å². The second-order valence-electron chi connectivity index (χ2n) is 7.47. The van der Waals surface area contributed by atoms with Crippen LogP contribution >= 0.6 is 11.6 Å². The SMILES string of the molecule is CCNS(=O)(=O)c1cccc(Nc2ncc(Cl)c(Nc3ccc4c(c3)CCC(=O)N4C)n2)c1. The number of hydrogen-bond donors (Lipinski definition) is 3. The highest BCUT2D eigenvalue weighted by atomic mass is 35.5. The van der Waals surface area contributed by atoms with Crippen molar-refractivity contribution in [3.8, 4) is 0 Å². The van der Waals surface area contributed by atoms with Crippen LogP contribution in [-0.4, -0.2) is 37.9 Å². The zero-order chi connectivity index (χ0) is 23.6. The summed E-state index contributed by atoms with van der Waals surface area (Å²) in [7, 11) is -1.82. The number of hydrogen-bond acceptors (Lipinski definition) is 7. The van der Waals surface area contributed by atoms with E-state index >= 15 is 0 Å². The second kappa shape index (κ2) is 9.34. The van der Waals surface area contributed by atoms with E-state index in [1.807, 2.05) is 18.2 Å². The maximum Gasteiger partial charge on any atom is 0.240 e.